The summed E-state index contributed by atoms with van der Waals surface area (Å²) in [5.41, 5.74) is 0.496. The summed E-state index contributed by atoms with van der Waals surface area (Å²) in [6, 6.07) is 10.0. The second-order valence-electron chi connectivity index (χ2n) is 5.38. The van der Waals surface area contributed by atoms with Crippen molar-refractivity contribution in [1.29, 1.82) is 0 Å². The summed E-state index contributed by atoms with van der Waals surface area (Å²) in [5.74, 6) is 1.75. The quantitative estimate of drug-likeness (QED) is 0.538. The normalized spacial score (nSPS) is 10.3. The Labute approximate surface area is 160 Å². The number of methoxy groups -OCH3 is 1. The molecule has 0 aliphatic carbocycles. The fourth-order valence-corrected chi connectivity index (χ4v) is 2.43. The van der Waals surface area contributed by atoms with Crippen LogP contribution in [0.4, 0.5) is 16.3 Å². The number of hydrogen-bond acceptors (Lipinski definition) is 6. The molecule has 0 spiro atoms. The van der Waals surface area contributed by atoms with Gasteiger partial charge in [-0.3, -0.25) is 0 Å². The van der Waals surface area contributed by atoms with Gasteiger partial charge in [-0.1, -0.05) is 11.6 Å². The van der Waals surface area contributed by atoms with Crippen molar-refractivity contribution in [3.05, 3.63) is 53.8 Å². The fourth-order valence-electron chi connectivity index (χ4n) is 2.26. The zero-order valence-corrected chi connectivity index (χ0v) is 15.3. The molecule has 3 rings (SSSR count). The SMILES string of the molecule is COc1ccc(Cl)cc1NC(=O)NCCNc1ccc(-n2cccn2)nn1. The molecule has 3 aromatic rings. The number of nitrogens with one attached hydrogen (secondary N) is 3. The van der Waals surface area contributed by atoms with Crippen LogP contribution in [0.25, 0.3) is 5.82 Å². The molecule has 0 saturated heterocycles. The minimum atomic E-state index is -0.363. The summed E-state index contributed by atoms with van der Waals surface area (Å²) in [5, 5.41) is 21.2. The van der Waals surface area contributed by atoms with Crippen molar-refractivity contribution in [3.8, 4) is 11.6 Å². The van der Waals surface area contributed by atoms with Gasteiger partial charge in [-0.25, -0.2) is 9.48 Å². The summed E-state index contributed by atoms with van der Waals surface area (Å²) in [4.78, 5) is 12.0. The van der Waals surface area contributed by atoms with Crippen molar-refractivity contribution in [2.75, 3.05) is 30.8 Å². The highest BCUT2D eigenvalue weighted by molar-refractivity contribution is 6.31. The molecule has 0 aliphatic heterocycles. The summed E-state index contributed by atoms with van der Waals surface area (Å²) in [6.45, 7) is 0.868. The number of ether oxygens (including phenoxy) is 1. The molecule has 1 aromatic carbocycles. The van der Waals surface area contributed by atoms with Gasteiger partial charge in [0.05, 0.1) is 12.8 Å². The van der Waals surface area contributed by atoms with Crippen LogP contribution in [0.15, 0.2) is 48.8 Å². The summed E-state index contributed by atoms with van der Waals surface area (Å²) >= 11 is 5.94. The third kappa shape index (κ3) is 5.08. The van der Waals surface area contributed by atoms with E-state index in [0.29, 0.717) is 41.2 Å². The Morgan fingerprint density at radius 3 is 2.81 bits per heavy atom. The highest BCUT2D eigenvalue weighted by atomic mass is 35.5. The second kappa shape index (κ2) is 8.86. The molecule has 0 bridgehead atoms. The van der Waals surface area contributed by atoms with E-state index in [2.05, 4.69) is 31.2 Å². The molecule has 0 aliphatic rings. The first kappa shape index (κ1) is 18.5. The Hall–Kier alpha value is -3.33. The van der Waals surface area contributed by atoms with Crippen LogP contribution >= 0.6 is 11.6 Å². The topological polar surface area (TPSA) is 106 Å². The molecule has 27 heavy (non-hydrogen) atoms. The molecule has 0 fully saturated rings. The van der Waals surface area contributed by atoms with Crippen LogP contribution in [-0.4, -0.2) is 46.2 Å². The molecular formula is C17H18ClN7O2. The molecular weight excluding hydrogens is 370 g/mol. The van der Waals surface area contributed by atoms with E-state index in [4.69, 9.17) is 16.3 Å². The zero-order chi connectivity index (χ0) is 19.1. The largest absolute Gasteiger partial charge is 0.495 e. The first-order chi connectivity index (χ1) is 13.2. The Balaban J connectivity index is 1.43. The van der Waals surface area contributed by atoms with E-state index in [9.17, 15) is 4.79 Å². The van der Waals surface area contributed by atoms with Crippen LogP contribution in [0.1, 0.15) is 0 Å². The molecule has 0 unspecified atom stereocenters. The van der Waals surface area contributed by atoms with E-state index >= 15 is 0 Å². The predicted molar refractivity (Wildman–Crippen MR) is 103 cm³/mol. The van der Waals surface area contributed by atoms with Gasteiger partial charge in [-0.2, -0.15) is 5.10 Å². The minimum absolute atomic E-state index is 0.363. The van der Waals surface area contributed by atoms with Crippen LogP contribution in [0.3, 0.4) is 0 Å². The molecule has 2 amide bonds. The molecule has 2 heterocycles. The van der Waals surface area contributed by atoms with E-state index in [1.165, 1.54) is 7.11 Å². The lowest BCUT2D eigenvalue weighted by Crippen LogP contribution is -2.32. The van der Waals surface area contributed by atoms with Gasteiger partial charge in [0.1, 0.15) is 11.6 Å². The van der Waals surface area contributed by atoms with Crippen molar-refractivity contribution in [2.24, 2.45) is 0 Å². The summed E-state index contributed by atoms with van der Waals surface area (Å²) < 4.78 is 6.80. The van der Waals surface area contributed by atoms with E-state index in [-0.39, 0.29) is 6.03 Å². The van der Waals surface area contributed by atoms with Gasteiger partial charge in [0.15, 0.2) is 5.82 Å². The summed E-state index contributed by atoms with van der Waals surface area (Å²) in [7, 11) is 1.52. The van der Waals surface area contributed by atoms with Crippen LogP contribution in [-0.2, 0) is 0 Å². The Morgan fingerprint density at radius 2 is 2.11 bits per heavy atom. The molecule has 0 saturated carbocycles. The highest BCUT2D eigenvalue weighted by Gasteiger charge is 2.08. The van der Waals surface area contributed by atoms with Crippen molar-refractivity contribution < 1.29 is 9.53 Å². The number of urea groups is 1. The maximum atomic E-state index is 12.0. The molecule has 140 valence electrons. The standard InChI is InChI=1S/C17H18ClN7O2/c1-27-14-4-3-12(18)11-13(14)22-17(26)20-9-8-19-15-5-6-16(24-23-15)25-10-2-7-21-25/h2-7,10-11H,8-9H2,1H3,(H,19,23)(H2,20,22,26). The Morgan fingerprint density at radius 1 is 1.22 bits per heavy atom. The Kier molecular flexibility index (Phi) is 6.06. The lowest BCUT2D eigenvalue weighted by atomic mass is 10.3. The summed E-state index contributed by atoms with van der Waals surface area (Å²) in [6.07, 6.45) is 3.46. The molecule has 0 radical (unpaired) electrons. The lowest BCUT2D eigenvalue weighted by Gasteiger charge is -2.12. The maximum absolute atomic E-state index is 12.0. The van der Waals surface area contributed by atoms with E-state index in [0.717, 1.165) is 0 Å². The number of carbonyl (C=O) groups is 1. The van der Waals surface area contributed by atoms with Gasteiger partial charge in [-0.05, 0) is 36.4 Å². The first-order valence-corrected chi connectivity index (χ1v) is 8.49. The van der Waals surface area contributed by atoms with Gasteiger partial charge in [-0.15, -0.1) is 10.2 Å². The van der Waals surface area contributed by atoms with Crippen molar-refractivity contribution in [3.63, 3.8) is 0 Å². The lowest BCUT2D eigenvalue weighted by molar-refractivity contribution is 0.252. The highest BCUT2D eigenvalue weighted by Crippen LogP contribution is 2.27. The minimum Gasteiger partial charge on any atom is -0.495 e. The van der Waals surface area contributed by atoms with Gasteiger partial charge in [0.25, 0.3) is 0 Å². The number of benzene rings is 1. The number of rotatable bonds is 7. The average Bonchev–Trinajstić information content (AvgIpc) is 3.21. The average molecular weight is 388 g/mol. The third-order valence-electron chi connectivity index (χ3n) is 3.52. The molecule has 9 nitrogen and oxygen atoms in total. The smallest absolute Gasteiger partial charge is 0.319 e. The first-order valence-electron chi connectivity index (χ1n) is 8.12. The van der Waals surface area contributed by atoms with Crippen LogP contribution in [0, 0.1) is 0 Å². The van der Waals surface area contributed by atoms with Crippen LogP contribution in [0.5, 0.6) is 5.75 Å². The Bertz CT molecular complexity index is 885. The number of hydrogen-bond donors (Lipinski definition) is 3. The van der Waals surface area contributed by atoms with Crippen LogP contribution < -0.4 is 20.7 Å². The molecule has 2 aromatic heterocycles. The monoisotopic (exact) mass is 387 g/mol. The zero-order valence-electron chi connectivity index (χ0n) is 14.5. The van der Waals surface area contributed by atoms with E-state index < -0.39 is 0 Å². The van der Waals surface area contributed by atoms with E-state index in [1.807, 2.05) is 6.07 Å². The number of anilines is 2. The van der Waals surface area contributed by atoms with Crippen molar-refractivity contribution in [2.45, 2.75) is 0 Å². The predicted octanol–water partition coefficient (Wildman–Crippen LogP) is 2.56. The van der Waals surface area contributed by atoms with E-state index in [1.54, 1.807) is 47.4 Å². The van der Waals surface area contributed by atoms with Crippen molar-refractivity contribution >= 4 is 29.1 Å². The molecule has 3 N–H and O–H groups in total. The van der Waals surface area contributed by atoms with Gasteiger partial charge < -0.3 is 20.7 Å². The number of nitrogens with zero attached hydrogens (tertiary/aromatic N) is 4. The molecule has 0 atom stereocenters. The molecule has 10 heteroatoms. The van der Waals surface area contributed by atoms with Crippen molar-refractivity contribution in [1.82, 2.24) is 25.3 Å². The number of carbonyl (C=O) groups excluding carboxylic acids is 1. The number of halogens is 1. The van der Waals surface area contributed by atoms with Gasteiger partial charge in [0, 0.05) is 30.5 Å². The maximum Gasteiger partial charge on any atom is 0.319 e. The van der Waals surface area contributed by atoms with Gasteiger partial charge in [0.2, 0.25) is 0 Å². The third-order valence-corrected chi connectivity index (χ3v) is 3.75. The number of amides is 2. The second-order valence-corrected chi connectivity index (χ2v) is 5.82. The van der Waals surface area contributed by atoms with Crippen LogP contribution in [0.2, 0.25) is 5.02 Å². The number of aromatic nitrogens is 4. The van der Waals surface area contributed by atoms with Gasteiger partial charge >= 0.3 is 6.03 Å². The fraction of sp³-hybridized carbons (Fsp3) is 0.176.